The number of rotatable bonds is 3. The zero-order valence-corrected chi connectivity index (χ0v) is 11.0. The predicted molar refractivity (Wildman–Crippen MR) is 70.9 cm³/mol. The van der Waals surface area contributed by atoms with Gasteiger partial charge in [-0.1, -0.05) is 0 Å². The molecule has 0 aliphatic carbocycles. The van der Waals surface area contributed by atoms with Gasteiger partial charge in [0, 0.05) is 31.5 Å². The van der Waals surface area contributed by atoms with Gasteiger partial charge in [-0.15, -0.1) is 0 Å². The Labute approximate surface area is 113 Å². The largest absolute Gasteiger partial charge is 0.352 e. The lowest BCUT2D eigenvalue weighted by Crippen LogP contribution is -2.44. The Bertz CT molecular complexity index is 468. The highest BCUT2D eigenvalue weighted by atomic mass is 16.2. The van der Waals surface area contributed by atoms with Gasteiger partial charge in [-0.3, -0.25) is 14.7 Å². The molecule has 2 unspecified atom stereocenters. The van der Waals surface area contributed by atoms with E-state index in [0.29, 0.717) is 6.54 Å². The number of nitriles is 1. The van der Waals surface area contributed by atoms with Crippen LogP contribution in [0.15, 0.2) is 24.5 Å². The van der Waals surface area contributed by atoms with Gasteiger partial charge in [0.15, 0.2) is 0 Å². The number of hydrogen-bond acceptors (Lipinski definition) is 4. The first kappa shape index (κ1) is 13.5. The summed E-state index contributed by atoms with van der Waals surface area (Å²) in [5, 5.41) is 11.9. The van der Waals surface area contributed by atoms with Gasteiger partial charge in [-0.25, -0.2) is 0 Å². The number of nitrogens with zero attached hydrogens (tertiary/aromatic N) is 3. The van der Waals surface area contributed by atoms with E-state index in [4.69, 9.17) is 5.26 Å². The summed E-state index contributed by atoms with van der Waals surface area (Å²) < 4.78 is 0. The van der Waals surface area contributed by atoms with Crippen LogP contribution in [0.2, 0.25) is 0 Å². The molecule has 19 heavy (non-hydrogen) atoms. The second-order valence-corrected chi connectivity index (χ2v) is 4.90. The van der Waals surface area contributed by atoms with Crippen molar-refractivity contribution in [2.24, 2.45) is 0 Å². The van der Waals surface area contributed by atoms with Crippen LogP contribution in [-0.2, 0) is 11.3 Å². The number of nitrogens with one attached hydrogen (secondary N) is 1. The molecule has 1 aliphatic heterocycles. The minimum atomic E-state index is -0.358. The Balaban J connectivity index is 2.14. The van der Waals surface area contributed by atoms with E-state index in [1.54, 1.807) is 12.4 Å². The number of carbonyl (C=O) groups excluding carboxylic acids is 1. The van der Waals surface area contributed by atoms with E-state index in [2.05, 4.69) is 21.3 Å². The predicted octanol–water partition coefficient (Wildman–Crippen LogP) is 1.07. The molecule has 0 bridgehead atoms. The molecule has 0 aromatic carbocycles. The van der Waals surface area contributed by atoms with Crippen molar-refractivity contribution in [2.75, 3.05) is 6.54 Å². The van der Waals surface area contributed by atoms with Gasteiger partial charge < -0.3 is 5.32 Å². The van der Waals surface area contributed by atoms with Crippen LogP contribution in [-0.4, -0.2) is 34.4 Å². The molecule has 2 atom stereocenters. The Hall–Kier alpha value is -1.93. The smallest absolute Gasteiger partial charge is 0.238 e. The summed E-state index contributed by atoms with van der Waals surface area (Å²) in [5.41, 5.74) is 1.11. The van der Waals surface area contributed by atoms with Crippen molar-refractivity contribution in [3.63, 3.8) is 0 Å². The molecule has 0 spiro atoms. The van der Waals surface area contributed by atoms with E-state index in [-0.39, 0.29) is 24.4 Å². The highest BCUT2D eigenvalue weighted by molar-refractivity contribution is 5.82. The van der Waals surface area contributed by atoms with Gasteiger partial charge in [-0.05, 0) is 31.0 Å². The standard InChI is InChI=1S/C14H18N4O/c1-11-5-9-18(10-12-3-7-16-8-4-12)13(2-6-15)14(19)17-11/h3-4,7-8,11,13H,2,5,9-10H2,1H3,(H,17,19). The van der Waals surface area contributed by atoms with Gasteiger partial charge in [0.25, 0.3) is 0 Å². The molecular formula is C14H18N4O. The molecule has 1 N–H and O–H groups in total. The first-order chi connectivity index (χ1) is 9.20. The third-order valence-electron chi connectivity index (χ3n) is 3.40. The number of aromatic nitrogens is 1. The Kier molecular flexibility index (Phi) is 4.48. The van der Waals surface area contributed by atoms with Crippen LogP contribution < -0.4 is 5.32 Å². The lowest BCUT2D eigenvalue weighted by atomic mass is 10.1. The van der Waals surface area contributed by atoms with E-state index in [9.17, 15) is 4.79 Å². The zero-order valence-electron chi connectivity index (χ0n) is 11.0. The maximum absolute atomic E-state index is 12.1. The van der Waals surface area contributed by atoms with Gasteiger partial charge in [-0.2, -0.15) is 5.26 Å². The van der Waals surface area contributed by atoms with Crippen LogP contribution >= 0.6 is 0 Å². The third-order valence-corrected chi connectivity index (χ3v) is 3.40. The molecule has 1 fully saturated rings. The summed E-state index contributed by atoms with van der Waals surface area (Å²) in [6, 6.07) is 5.80. The van der Waals surface area contributed by atoms with E-state index in [1.807, 2.05) is 19.1 Å². The number of carbonyl (C=O) groups is 1. The molecule has 1 amide bonds. The van der Waals surface area contributed by atoms with Crippen LogP contribution in [0.5, 0.6) is 0 Å². The van der Waals surface area contributed by atoms with Gasteiger partial charge in [0.1, 0.15) is 6.04 Å². The van der Waals surface area contributed by atoms with Gasteiger partial charge >= 0.3 is 0 Å². The van der Waals surface area contributed by atoms with Crippen molar-refractivity contribution >= 4 is 5.91 Å². The second kappa shape index (κ2) is 6.30. The highest BCUT2D eigenvalue weighted by Crippen LogP contribution is 2.15. The topological polar surface area (TPSA) is 69.0 Å². The number of pyridine rings is 1. The monoisotopic (exact) mass is 258 g/mol. The van der Waals surface area contributed by atoms with Crippen molar-refractivity contribution in [1.82, 2.24) is 15.2 Å². The molecule has 1 saturated heterocycles. The van der Waals surface area contributed by atoms with Gasteiger partial charge in [0.05, 0.1) is 12.5 Å². The molecule has 100 valence electrons. The minimum Gasteiger partial charge on any atom is -0.352 e. The zero-order chi connectivity index (χ0) is 13.7. The first-order valence-electron chi connectivity index (χ1n) is 6.51. The summed E-state index contributed by atoms with van der Waals surface area (Å²) in [6.07, 6.45) is 4.62. The van der Waals surface area contributed by atoms with Crippen LogP contribution in [0.3, 0.4) is 0 Å². The van der Waals surface area contributed by atoms with E-state index >= 15 is 0 Å². The lowest BCUT2D eigenvalue weighted by molar-refractivity contribution is -0.125. The molecule has 5 heteroatoms. The number of amides is 1. The van der Waals surface area contributed by atoms with Gasteiger partial charge in [0.2, 0.25) is 5.91 Å². The van der Waals surface area contributed by atoms with Crippen LogP contribution in [0.4, 0.5) is 0 Å². The summed E-state index contributed by atoms with van der Waals surface area (Å²) in [6.45, 7) is 3.49. The number of hydrogen-bond donors (Lipinski definition) is 1. The van der Waals surface area contributed by atoms with Crippen LogP contribution in [0, 0.1) is 11.3 Å². The lowest BCUT2D eigenvalue weighted by Gasteiger charge is -2.26. The molecule has 1 aromatic rings. The van der Waals surface area contributed by atoms with Crippen molar-refractivity contribution in [3.05, 3.63) is 30.1 Å². The maximum atomic E-state index is 12.1. The molecule has 2 heterocycles. The Morgan fingerprint density at radius 3 is 2.95 bits per heavy atom. The average molecular weight is 258 g/mol. The molecule has 1 aromatic heterocycles. The van der Waals surface area contributed by atoms with Crippen LogP contribution in [0.1, 0.15) is 25.3 Å². The second-order valence-electron chi connectivity index (χ2n) is 4.90. The fourth-order valence-corrected chi connectivity index (χ4v) is 2.31. The van der Waals surface area contributed by atoms with Crippen molar-refractivity contribution < 1.29 is 4.79 Å². The summed E-state index contributed by atoms with van der Waals surface area (Å²) in [7, 11) is 0. The minimum absolute atomic E-state index is 0.0411. The Morgan fingerprint density at radius 1 is 1.53 bits per heavy atom. The third kappa shape index (κ3) is 3.52. The molecular weight excluding hydrogens is 240 g/mol. The normalized spacial score (nSPS) is 24.3. The average Bonchev–Trinajstić information content (AvgIpc) is 2.53. The fraction of sp³-hybridized carbons (Fsp3) is 0.500. The summed E-state index contributed by atoms with van der Waals surface area (Å²) in [4.78, 5) is 18.2. The molecule has 0 saturated carbocycles. The van der Waals surface area contributed by atoms with E-state index in [0.717, 1.165) is 18.5 Å². The SMILES string of the molecule is CC1CCN(Cc2ccncc2)C(CC#N)C(=O)N1. The highest BCUT2D eigenvalue weighted by Gasteiger charge is 2.29. The molecule has 1 aliphatic rings. The summed E-state index contributed by atoms with van der Waals surface area (Å²) >= 11 is 0. The quantitative estimate of drug-likeness (QED) is 0.880. The first-order valence-corrected chi connectivity index (χ1v) is 6.51. The summed E-state index contributed by atoms with van der Waals surface area (Å²) in [5.74, 6) is -0.0411. The molecule has 2 rings (SSSR count). The van der Waals surface area contributed by atoms with Crippen LogP contribution in [0.25, 0.3) is 0 Å². The van der Waals surface area contributed by atoms with Crippen molar-refractivity contribution in [1.29, 1.82) is 5.26 Å². The van der Waals surface area contributed by atoms with E-state index < -0.39 is 0 Å². The molecule has 5 nitrogen and oxygen atoms in total. The Morgan fingerprint density at radius 2 is 2.26 bits per heavy atom. The fourth-order valence-electron chi connectivity index (χ4n) is 2.31. The maximum Gasteiger partial charge on any atom is 0.238 e. The van der Waals surface area contributed by atoms with Crippen molar-refractivity contribution in [2.45, 2.75) is 38.4 Å². The van der Waals surface area contributed by atoms with E-state index in [1.165, 1.54) is 0 Å². The molecule has 0 radical (unpaired) electrons. The van der Waals surface area contributed by atoms with Crippen molar-refractivity contribution in [3.8, 4) is 6.07 Å².